The summed E-state index contributed by atoms with van der Waals surface area (Å²) in [5, 5.41) is -0.447. The van der Waals surface area contributed by atoms with Crippen LogP contribution in [0.5, 0.6) is 5.75 Å². The summed E-state index contributed by atoms with van der Waals surface area (Å²) in [4.78, 5) is 6.67. The van der Waals surface area contributed by atoms with E-state index in [0.29, 0.717) is 11.3 Å². The molecule has 0 aliphatic carbocycles. The maximum atomic E-state index is 13.6. The Balaban J connectivity index is 2.07. The zero-order chi connectivity index (χ0) is 20.3. The molecule has 2 heterocycles. The molecule has 0 spiro atoms. The third-order valence-electron chi connectivity index (χ3n) is 3.80. The first-order valence-electron chi connectivity index (χ1n) is 7.90. The van der Waals surface area contributed by atoms with E-state index >= 15 is 0 Å². The number of nitrogens with zero attached hydrogens (tertiary/aromatic N) is 3. The minimum Gasteiger partial charge on any atom is -0.497 e. The van der Waals surface area contributed by atoms with Crippen LogP contribution < -0.4 is 9.04 Å². The van der Waals surface area contributed by atoms with Crippen LogP contribution in [0.25, 0.3) is 0 Å². The van der Waals surface area contributed by atoms with Crippen molar-refractivity contribution in [3.05, 3.63) is 77.2 Å². The summed E-state index contributed by atoms with van der Waals surface area (Å²) in [6.45, 7) is -0.155. The second-order valence-corrected chi connectivity index (χ2v) is 7.89. The summed E-state index contributed by atoms with van der Waals surface area (Å²) < 4.78 is 59.3. The molecule has 0 aliphatic heterocycles. The number of hydrogen-bond donors (Lipinski definition) is 0. The molecule has 0 N–H and O–H groups in total. The number of halogens is 3. The van der Waals surface area contributed by atoms with Crippen molar-refractivity contribution in [2.75, 3.05) is 11.4 Å². The Hall–Kier alpha value is -2.78. The molecule has 10 heteroatoms. The molecule has 146 valence electrons. The van der Waals surface area contributed by atoms with Gasteiger partial charge in [-0.1, -0.05) is 29.8 Å². The van der Waals surface area contributed by atoms with E-state index in [1.54, 1.807) is 24.3 Å². The van der Waals surface area contributed by atoms with Crippen molar-refractivity contribution in [1.82, 2.24) is 9.97 Å². The van der Waals surface area contributed by atoms with Crippen molar-refractivity contribution in [3.8, 4) is 5.75 Å². The van der Waals surface area contributed by atoms with Gasteiger partial charge in [-0.25, -0.2) is 22.7 Å². The Labute approximate surface area is 165 Å². The van der Waals surface area contributed by atoms with Crippen LogP contribution in [0.4, 0.5) is 14.6 Å². The number of aromatic nitrogens is 2. The van der Waals surface area contributed by atoms with Gasteiger partial charge in [0.05, 0.1) is 24.9 Å². The first kappa shape index (κ1) is 20.0. The maximum absolute atomic E-state index is 13.6. The van der Waals surface area contributed by atoms with Crippen LogP contribution in [0.1, 0.15) is 5.56 Å². The van der Waals surface area contributed by atoms with E-state index in [-0.39, 0.29) is 17.3 Å². The standard InChI is InChI=1S/C18H14ClF2N3O3S/c1-27-13-7-5-12(6-8-13)11-24(17-4-2-3-16(20)23-17)28(25,26)14-9-15(19)18(21)22-10-14/h2-10H,11H2,1H3. The lowest BCUT2D eigenvalue weighted by atomic mass is 10.2. The molecule has 0 radical (unpaired) electrons. The van der Waals surface area contributed by atoms with Crippen LogP contribution in [0.2, 0.25) is 5.02 Å². The normalized spacial score (nSPS) is 11.3. The highest BCUT2D eigenvalue weighted by molar-refractivity contribution is 7.92. The Morgan fingerprint density at radius 2 is 1.86 bits per heavy atom. The lowest BCUT2D eigenvalue weighted by molar-refractivity contribution is 0.414. The van der Waals surface area contributed by atoms with Crippen molar-refractivity contribution in [2.24, 2.45) is 0 Å². The molecule has 3 aromatic rings. The molecule has 6 nitrogen and oxygen atoms in total. The Kier molecular flexibility index (Phi) is 5.76. The molecule has 0 bridgehead atoms. The van der Waals surface area contributed by atoms with Crippen LogP contribution in [0.15, 0.2) is 59.6 Å². The van der Waals surface area contributed by atoms with Crippen LogP contribution in [-0.2, 0) is 16.6 Å². The quantitative estimate of drug-likeness (QED) is 0.561. The van der Waals surface area contributed by atoms with Crippen molar-refractivity contribution in [3.63, 3.8) is 0 Å². The zero-order valence-corrected chi connectivity index (χ0v) is 16.1. The minimum absolute atomic E-state index is 0.142. The third kappa shape index (κ3) is 4.20. The molecule has 28 heavy (non-hydrogen) atoms. The summed E-state index contributed by atoms with van der Waals surface area (Å²) in [5.74, 6) is -1.39. The minimum atomic E-state index is -4.26. The monoisotopic (exact) mass is 425 g/mol. The SMILES string of the molecule is COc1ccc(CN(c2cccc(F)n2)S(=O)(=O)c2cnc(F)c(Cl)c2)cc1. The highest BCUT2D eigenvalue weighted by atomic mass is 35.5. The van der Waals surface area contributed by atoms with Gasteiger partial charge < -0.3 is 4.74 Å². The molecular formula is C18H14ClF2N3O3S. The van der Waals surface area contributed by atoms with Gasteiger partial charge in [0.1, 0.15) is 16.5 Å². The summed E-state index contributed by atoms with van der Waals surface area (Å²) in [5.41, 5.74) is 0.594. The topological polar surface area (TPSA) is 72.4 Å². The van der Waals surface area contributed by atoms with Crippen molar-refractivity contribution >= 4 is 27.4 Å². The average molecular weight is 426 g/mol. The number of anilines is 1. The molecule has 0 aliphatic rings. The van der Waals surface area contributed by atoms with E-state index in [9.17, 15) is 17.2 Å². The zero-order valence-electron chi connectivity index (χ0n) is 14.5. The molecule has 0 fully saturated rings. The van der Waals surface area contributed by atoms with Crippen molar-refractivity contribution < 1.29 is 21.9 Å². The molecule has 3 rings (SSSR count). The lowest BCUT2D eigenvalue weighted by Crippen LogP contribution is -2.31. The smallest absolute Gasteiger partial charge is 0.267 e. The average Bonchev–Trinajstić information content (AvgIpc) is 2.68. The maximum Gasteiger partial charge on any atom is 0.267 e. The van der Waals surface area contributed by atoms with E-state index in [1.807, 2.05) is 0 Å². The van der Waals surface area contributed by atoms with Gasteiger partial charge in [0.15, 0.2) is 0 Å². The van der Waals surface area contributed by atoms with E-state index in [1.165, 1.54) is 19.2 Å². The number of benzene rings is 1. The van der Waals surface area contributed by atoms with Crippen LogP contribution in [-0.4, -0.2) is 25.5 Å². The van der Waals surface area contributed by atoms with E-state index in [0.717, 1.165) is 22.6 Å². The number of rotatable bonds is 6. The van der Waals surface area contributed by atoms with Crippen molar-refractivity contribution in [2.45, 2.75) is 11.4 Å². The van der Waals surface area contributed by atoms with Gasteiger partial charge in [0.25, 0.3) is 10.0 Å². The number of pyridine rings is 2. The molecule has 0 saturated heterocycles. The van der Waals surface area contributed by atoms with Crippen LogP contribution >= 0.6 is 11.6 Å². The second-order valence-electron chi connectivity index (χ2n) is 5.62. The first-order chi connectivity index (χ1) is 13.3. The summed E-state index contributed by atoms with van der Waals surface area (Å²) in [6.07, 6.45) is 0.844. The van der Waals surface area contributed by atoms with Gasteiger partial charge in [-0.05, 0) is 35.9 Å². The van der Waals surface area contributed by atoms with Gasteiger partial charge >= 0.3 is 0 Å². The number of sulfonamides is 1. The van der Waals surface area contributed by atoms with Gasteiger partial charge in [0, 0.05) is 0 Å². The van der Waals surface area contributed by atoms with Crippen LogP contribution in [0.3, 0.4) is 0 Å². The summed E-state index contributed by atoms with van der Waals surface area (Å²) in [6, 6.07) is 11.4. The fraction of sp³-hybridized carbons (Fsp3) is 0.111. The third-order valence-corrected chi connectivity index (χ3v) is 5.78. The molecule has 0 saturated carbocycles. The summed E-state index contributed by atoms with van der Waals surface area (Å²) in [7, 11) is -2.76. The molecule has 1 aromatic carbocycles. The van der Waals surface area contributed by atoms with E-state index in [4.69, 9.17) is 16.3 Å². The lowest BCUT2D eigenvalue weighted by Gasteiger charge is -2.23. The Bertz CT molecular complexity index is 1100. The van der Waals surface area contributed by atoms with Crippen LogP contribution in [0, 0.1) is 11.9 Å². The van der Waals surface area contributed by atoms with Gasteiger partial charge in [-0.2, -0.15) is 8.78 Å². The largest absolute Gasteiger partial charge is 0.497 e. The highest BCUT2D eigenvalue weighted by Crippen LogP contribution is 2.27. The molecule has 0 unspecified atom stereocenters. The van der Waals surface area contributed by atoms with Crippen molar-refractivity contribution in [1.29, 1.82) is 0 Å². The van der Waals surface area contributed by atoms with Gasteiger partial charge in [-0.3, -0.25) is 0 Å². The Morgan fingerprint density at radius 1 is 1.14 bits per heavy atom. The molecule has 2 aromatic heterocycles. The highest BCUT2D eigenvalue weighted by Gasteiger charge is 2.28. The number of ether oxygens (including phenoxy) is 1. The predicted molar refractivity (Wildman–Crippen MR) is 99.8 cm³/mol. The molecule has 0 atom stereocenters. The first-order valence-corrected chi connectivity index (χ1v) is 9.72. The summed E-state index contributed by atoms with van der Waals surface area (Å²) >= 11 is 5.68. The van der Waals surface area contributed by atoms with Gasteiger partial charge in [0.2, 0.25) is 11.9 Å². The Morgan fingerprint density at radius 3 is 2.46 bits per heavy atom. The fourth-order valence-corrected chi connectivity index (χ4v) is 4.00. The van der Waals surface area contributed by atoms with E-state index < -0.39 is 26.9 Å². The fourth-order valence-electron chi connectivity index (χ4n) is 2.39. The number of methoxy groups -OCH3 is 1. The van der Waals surface area contributed by atoms with E-state index in [2.05, 4.69) is 9.97 Å². The van der Waals surface area contributed by atoms with Gasteiger partial charge in [-0.15, -0.1) is 0 Å². The number of hydrogen-bond acceptors (Lipinski definition) is 5. The predicted octanol–water partition coefficient (Wildman–Crippen LogP) is 3.81. The molecule has 0 amide bonds. The second kappa shape index (κ2) is 8.07. The molecular weight excluding hydrogens is 412 g/mol.